The number of nitrogens with zero attached hydrogens (tertiary/aromatic N) is 4. The van der Waals surface area contributed by atoms with Crippen LogP contribution < -0.4 is 9.64 Å². The summed E-state index contributed by atoms with van der Waals surface area (Å²) in [6, 6.07) is 10.5. The summed E-state index contributed by atoms with van der Waals surface area (Å²) in [5.74, 6) is 0.310. The van der Waals surface area contributed by atoms with Crippen LogP contribution in [-0.4, -0.2) is 43.2 Å². The summed E-state index contributed by atoms with van der Waals surface area (Å²) >= 11 is 0. The lowest BCUT2D eigenvalue weighted by atomic mass is 10.1. The molecule has 1 aliphatic rings. The fraction of sp³-hybridized carbons (Fsp3) is 0.368. The van der Waals surface area contributed by atoms with E-state index in [2.05, 4.69) is 9.88 Å². The number of aromatic nitrogens is 1. The van der Waals surface area contributed by atoms with E-state index in [1.807, 2.05) is 37.2 Å². The van der Waals surface area contributed by atoms with Gasteiger partial charge in [0.25, 0.3) is 0 Å². The second-order valence-corrected chi connectivity index (χ2v) is 6.44. The summed E-state index contributed by atoms with van der Waals surface area (Å²) in [6.45, 7) is 2.12. The minimum atomic E-state index is -0.480. The van der Waals surface area contributed by atoms with Gasteiger partial charge in [-0.2, -0.15) is 5.26 Å². The molecule has 1 unspecified atom stereocenters. The van der Waals surface area contributed by atoms with Gasteiger partial charge in [-0.05, 0) is 32.3 Å². The third-order valence-electron chi connectivity index (χ3n) is 4.16. The first-order chi connectivity index (χ1) is 12.1. The molecule has 0 spiro atoms. The van der Waals surface area contributed by atoms with Crippen molar-refractivity contribution in [3.63, 3.8) is 0 Å². The third-order valence-corrected chi connectivity index (χ3v) is 4.16. The fourth-order valence-corrected chi connectivity index (χ4v) is 3.06. The van der Waals surface area contributed by atoms with Crippen LogP contribution in [0, 0.1) is 17.1 Å². The van der Waals surface area contributed by atoms with Crippen molar-refractivity contribution in [1.29, 1.82) is 5.26 Å². The SMILES string of the molecule is CN(C)Cc1cc(OC2CCN(c3cccc(F)c3C#N)C2)ccn1. The number of pyridine rings is 1. The smallest absolute Gasteiger partial charge is 0.143 e. The Labute approximate surface area is 147 Å². The first-order valence-electron chi connectivity index (χ1n) is 8.26. The van der Waals surface area contributed by atoms with Gasteiger partial charge in [-0.25, -0.2) is 4.39 Å². The van der Waals surface area contributed by atoms with Gasteiger partial charge in [0, 0.05) is 31.8 Å². The molecule has 6 heteroatoms. The first-order valence-corrected chi connectivity index (χ1v) is 8.26. The molecular formula is C19H21FN4O. The largest absolute Gasteiger partial charge is 0.488 e. The molecule has 0 radical (unpaired) electrons. The van der Waals surface area contributed by atoms with Crippen molar-refractivity contribution in [1.82, 2.24) is 9.88 Å². The van der Waals surface area contributed by atoms with Crippen LogP contribution >= 0.6 is 0 Å². The van der Waals surface area contributed by atoms with E-state index in [0.29, 0.717) is 12.2 Å². The van der Waals surface area contributed by atoms with Crippen LogP contribution in [-0.2, 0) is 6.54 Å². The van der Waals surface area contributed by atoms with Crippen molar-refractivity contribution >= 4 is 5.69 Å². The van der Waals surface area contributed by atoms with Crippen molar-refractivity contribution < 1.29 is 9.13 Å². The molecule has 1 aliphatic heterocycles. The fourth-order valence-electron chi connectivity index (χ4n) is 3.06. The van der Waals surface area contributed by atoms with E-state index < -0.39 is 5.82 Å². The van der Waals surface area contributed by atoms with E-state index >= 15 is 0 Å². The number of hydrogen-bond acceptors (Lipinski definition) is 5. The number of anilines is 1. The number of hydrogen-bond donors (Lipinski definition) is 0. The Morgan fingerprint density at radius 2 is 2.24 bits per heavy atom. The monoisotopic (exact) mass is 340 g/mol. The second-order valence-electron chi connectivity index (χ2n) is 6.44. The molecule has 1 aromatic heterocycles. The van der Waals surface area contributed by atoms with Gasteiger partial charge in [-0.15, -0.1) is 0 Å². The molecule has 2 heterocycles. The van der Waals surface area contributed by atoms with Crippen LogP contribution in [0.25, 0.3) is 0 Å². The highest BCUT2D eigenvalue weighted by Crippen LogP contribution is 2.28. The van der Waals surface area contributed by atoms with Crippen LogP contribution in [0.4, 0.5) is 10.1 Å². The second kappa shape index (κ2) is 7.49. The van der Waals surface area contributed by atoms with Crippen molar-refractivity contribution in [3.8, 4) is 11.8 Å². The van der Waals surface area contributed by atoms with E-state index in [-0.39, 0.29) is 11.7 Å². The molecule has 1 fully saturated rings. The molecule has 25 heavy (non-hydrogen) atoms. The normalized spacial score (nSPS) is 16.9. The van der Waals surface area contributed by atoms with Crippen LogP contribution in [0.2, 0.25) is 0 Å². The molecule has 0 bridgehead atoms. The Hall–Kier alpha value is -2.65. The average Bonchev–Trinajstić information content (AvgIpc) is 3.02. The molecule has 1 saturated heterocycles. The van der Waals surface area contributed by atoms with Gasteiger partial charge in [0.2, 0.25) is 0 Å². The molecule has 0 aliphatic carbocycles. The molecule has 2 aromatic rings. The van der Waals surface area contributed by atoms with E-state index in [9.17, 15) is 9.65 Å². The predicted octanol–water partition coefficient (Wildman–Crippen LogP) is 2.81. The molecule has 0 amide bonds. The first kappa shape index (κ1) is 17.2. The highest BCUT2D eigenvalue weighted by Gasteiger charge is 2.26. The summed E-state index contributed by atoms with van der Waals surface area (Å²) < 4.78 is 19.9. The van der Waals surface area contributed by atoms with Gasteiger partial charge < -0.3 is 14.5 Å². The van der Waals surface area contributed by atoms with E-state index in [1.165, 1.54) is 6.07 Å². The lowest BCUT2D eigenvalue weighted by Gasteiger charge is -2.20. The number of nitriles is 1. The maximum atomic E-state index is 13.8. The van der Waals surface area contributed by atoms with Crippen molar-refractivity contribution in [2.24, 2.45) is 0 Å². The van der Waals surface area contributed by atoms with Gasteiger partial charge >= 0.3 is 0 Å². The molecule has 130 valence electrons. The van der Waals surface area contributed by atoms with Gasteiger partial charge in [-0.3, -0.25) is 4.98 Å². The molecule has 1 aromatic carbocycles. The van der Waals surface area contributed by atoms with Gasteiger partial charge in [0.1, 0.15) is 29.3 Å². The standard InChI is InChI=1S/C19H21FN4O/c1-23(2)12-14-10-15(6-8-22-14)25-16-7-9-24(13-16)19-5-3-4-18(20)17(19)11-21/h3-6,8,10,16H,7,9,12-13H2,1-2H3. The van der Waals surface area contributed by atoms with Crippen LogP contribution in [0.15, 0.2) is 36.5 Å². The Balaban J connectivity index is 1.68. The summed E-state index contributed by atoms with van der Waals surface area (Å²) in [4.78, 5) is 8.40. The topological polar surface area (TPSA) is 52.4 Å². The van der Waals surface area contributed by atoms with E-state index in [1.54, 1.807) is 18.3 Å². The Bertz CT molecular complexity index is 787. The summed E-state index contributed by atoms with van der Waals surface area (Å²) in [5, 5.41) is 9.20. The number of rotatable bonds is 5. The molecule has 3 rings (SSSR count). The molecular weight excluding hydrogens is 319 g/mol. The lowest BCUT2D eigenvalue weighted by molar-refractivity contribution is 0.224. The maximum Gasteiger partial charge on any atom is 0.143 e. The molecule has 0 saturated carbocycles. The van der Waals surface area contributed by atoms with Gasteiger partial charge in [0.15, 0.2) is 0 Å². The highest BCUT2D eigenvalue weighted by atomic mass is 19.1. The predicted molar refractivity (Wildman–Crippen MR) is 94.0 cm³/mol. The zero-order valence-corrected chi connectivity index (χ0v) is 14.4. The minimum absolute atomic E-state index is 0.00409. The Morgan fingerprint density at radius 1 is 1.40 bits per heavy atom. The van der Waals surface area contributed by atoms with Crippen LogP contribution in [0.3, 0.4) is 0 Å². The van der Waals surface area contributed by atoms with Gasteiger partial charge in [-0.1, -0.05) is 6.07 Å². The Kier molecular flexibility index (Phi) is 5.15. The molecule has 5 nitrogen and oxygen atoms in total. The quantitative estimate of drug-likeness (QED) is 0.838. The Morgan fingerprint density at radius 3 is 3.00 bits per heavy atom. The zero-order valence-electron chi connectivity index (χ0n) is 14.4. The molecule has 0 N–H and O–H groups in total. The highest BCUT2D eigenvalue weighted by molar-refractivity contribution is 5.60. The molecule has 1 atom stereocenters. The van der Waals surface area contributed by atoms with E-state index in [0.717, 1.165) is 31.0 Å². The van der Waals surface area contributed by atoms with Crippen LogP contribution in [0.1, 0.15) is 17.7 Å². The summed E-state index contributed by atoms with van der Waals surface area (Å²) in [7, 11) is 3.99. The number of halogens is 1. The van der Waals surface area contributed by atoms with E-state index in [4.69, 9.17) is 4.74 Å². The van der Waals surface area contributed by atoms with Crippen molar-refractivity contribution in [2.75, 3.05) is 32.1 Å². The zero-order chi connectivity index (χ0) is 17.8. The maximum absolute atomic E-state index is 13.8. The summed E-state index contributed by atoms with van der Waals surface area (Å²) in [5.41, 5.74) is 1.69. The third kappa shape index (κ3) is 4.06. The number of ether oxygens (including phenoxy) is 1. The van der Waals surface area contributed by atoms with Crippen molar-refractivity contribution in [2.45, 2.75) is 19.1 Å². The van der Waals surface area contributed by atoms with Gasteiger partial charge in [0.05, 0.1) is 17.9 Å². The van der Waals surface area contributed by atoms with Crippen LogP contribution in [0.5, 0.6) is 5.75 Å². The average molecular weight is 340 g/mol. The summed E-state index contributed by atoms with van der Waals surface area (Å²) in [6.07, 6.45) is 2.58. The van der Waals surface area contributed by atoms with Crippen molar-refractivity contribution in [3.05, 3.63) is 53.6 Å². The number of benzene rings is 1. The lowest BCUT2D eigenvalue weighted by Crippen LogP contribution is -2.25. The minimum Gasteiger partial charge on any atom is -0.488 e.